The minimum Gasteiger partial charge on any atom is -0.478 e. The molecule has 0 unspecified atom stereocenters. The fourth-order valence-corrected chi connectivity index (χ4v) is 2.01. The number of rotatable bonds is 3. The molecule has 2 aromatic rings. The average molecular weight is 323 g/mol. The fourth-order valence-electron chi connectivity index (χ4n) is 1.32. The van der Waals surface area contributed by atoms with Crippen LogP contribution >= 0.6 is 24.4 Å². The van der Waals surface area contributed by atoms with Crippen LogP contribution in [0.2, 0.25) is 0 Å². The van der Waals surface area contributed by atoms with E-state index in [1.54, 1.807) is 36.7 Å². The highest BCUT2D eigenvalue weighted by molar-refractivity contribution is 7.98. The smallest absolute Gasteiger partial charge is 0.338 e. The van der Waals surface area contributed by atoms with Crippen LogP contribution in [0, 0.1) is 0 Å². The number of aromatic carboxylic acids is 2. The highest BCUT2D eigenvalue weighted by Crippen LogP contribution is 2.16. The third-order valence-corrected chi connectivity index (χ3v) is 3.32. The number of hydrogen-bond donors (Lipinski definition) is 3. The van der Waals surface area contributed by atoms with Gasteiger partial charge in [-0.1, -0.05) is 0 Å². The summed E-state index contributed by atoms with van der Waals surface area (Å²) in [4.78, 5) is 25.5. The van der Waals surface area contributed by atoms with Crippen LogP contribution in [0.15, 0.2) is 52.5 Å². The molecule has 2 N–H and O–H groups in total. The maximum absolute atomic E-state index is 10.5. The topological polar surface area (TPSA) is 87.5 Å². The Kier molecular flexibility index (Phi) is 6.77. The van der Waals surface area contributed by atoms with Gasteiger partial charge in [0, 0.05) is 11.1 Å². The third kappa shape index (κ3) is 5.49. The van der Waals surface area contributed by atoms with Crippen molar-refractivity contribution in [1.29, 1.82) is 0 Å². The van der Waals surface area contributed by atoms with E-state index in [4.69, 9.17) is 10.2 Å². The Morgan fingerprint density at radius 1 is 1.10 bits per heavy atom. The molecule has 1 aromatic heterocycles. The van der Waals surface area contributed by atoms with Crippen LogP contribution in [-0.2, 0) is 0 Å². The van der Waals surface area contributed by atoms with Gasteiger partial charge in [0.05, 0.1) is 11.1 Å². The monoisotopic (exact) mass is 323 g/mol. The van der Waals surface area contributed by atoms with Crippen LogP contribution in [-0.4, -0.2) is 33.4 Å². The molecular formula is C14H13NO4S2. The first kappa shape index (κ1) is 17.1. The summed E-state index contributed by atoms with van der Waals surface area (Å²) in [5.74, 6) is -1.84. The summed E-state index contributed by atoms with van der Waals surface area (Å²) in [6.07, 6.45) is 3.38. The number of benzene rings is 1. The lowest BCUT2D eigenvalue weighted by Crippen LogP contribution is -1.99. The highest BCUT2D eigenvalue weighted by atomic mass is 32.2. The van der Waals surface area contributed by atoms with Crippen LogP contribution in [0.4, 0.5) is 0 Å². The zero-order valence-electron chi connectivity index (χ0n) is 11.1. The Morgan fingerprint density at radius 3 is 2.14 bits per heavy atom. The standard InChI is InChI=1S/C7H7NO2S.C7H6O2S/c1-11-6-5(7(9)10)3-2-4-8-6;8-7(9)5-1-3-6(10)4-2-5/h2-4H,1H3,(H,9,10);1-4,10H,(H,8,9). The van der Waals surface area contributed by atoms with E-state index in [0.717, 1.165) is 4.90 Å². The molecule has 0 aliphatic carbocycles. The molecule has 2 rings (SSSR count). The van der Waals surface area contributed by atoms with Crippen molar-refractivity contribution in [2.45, 2.75) is 9.92 Å². The number of thioether (sulfide) groups is 1. The van der Waals surface area contributed by atoms with E-state index in [-0.39, 0.29) is 11.1 Å². The largest absolute Gasteiger partial charge is 0.478 e. The minimum atomic E-state index is -0.928. The van der Waals surface area contributed by atoms with E-state index in [1.807, 2.05) is 0 Å². The Labute approximate surface area is 131 Å². The molecule has 110 valence electrons. The van der Waals surface area contributed by atoms with E-state index < -0.39 is 11.9 Å². The maximum atomic E-state index is 10.5. The van der Waals surface area contributed by atoms with Crippen LogP contribution in [0.1, 0.15) is 20.7 Å². The molecule has 0 saturated heterocycles. The third-order valence-electron chi connectivity index (χ3n) is 2.31. The van der Waals surface area contributed by atoms with Gasteiger partial charge in [-0.15, -0.1) is 24.4 Å². The van der Waals surface area contributed by atoms with Crippen molar-refractivity contribution in [2.24, 2.45) is 0 Å². The van der Waals surface area contributed by atoms with Crippen molar-refractivity contribution in [3.05, 3.63) is 53.7 Å². The maximum Gasteiger partial charge on any atom is 0.338 e. The van der Waals surface area contributed by atoms with Crippen molar-refractivity contribution in [2.75, 3.05) is 6.26 Å². The van der Waals surface area contributed by atoms with Gasteiger partial charge in [-0.05, 0) is 42.7 Å². The van der Waals surface area contributed by atoms with Crippen molar-refractivity contribution in [1.82, 2.24) is 4.98 Å². The Balaban J connectivity index is 0.000000211. The van der Waals surface area contributed by atoms with E-state index in [9.17, 15) is 9.59 Å². The lowest BCUT2D eigenvalue weighted by Gasteiger charge is -1.98. The summed E-state index contributed by atoms with van der Waals surface area (Å²) in [5, 5.41) is 17.6. The second-order valence-electron chi connectivity index (χ2n) is 3.72. The number of carboxylic acids is 2. The first-order valence-corrected chi connectivity index (χ1v) is 7.37. The van der Waals surface area contributed by atoms with E-state index in [1.165, 1.54) is 23.9 Å². The zero-order chi connectivity index (χ0) is 15.8. The Hall–Kier alpha value is -1.99. The number of pyridine rings is 1. The molecule has 1 aromatic carbocycles. The van der Waals surface area contributed by atoms with Gasteiger partial charge in [0.1, 0.15) is 5.03 Å². The van der Waals surface area contributed by atoms with Gasteiger partial charge >= 0.3 is 11.9 Å². The van der Waals surface area contributed by atoms with Crippen LogP contribution < -0.4 is 0 Å². The number of aromatic nitrogens is 1. The second-order valence-corrected chi connectivity index (χ2v) is 5.03. The molecule has 0 aliphatic heterocycles. The quantitative estimate of drug-likeness (QED) is 0.594. The van der Waals surface area contributed by atoms with Gasteiger partial charge < -0.3 is 10.2 Å². The summed E-state index contributed by atoms with van der Waals surface area (Å²) in [5.41, 5.74) is 0.554. The summed E-state index contributed by atoms with van der Waals surface area (Å²) in [6.45, 7) is 0. The summed E-state index contributed by atoms with van der Waals surface area (Å²) >= 11 is 5.34. The molecule has 0 radical (unpaired) electrons. The average Bonchev–Trinajstić information content (AvgIpc) is 2.48. The predicted octanol–water partition coefficient (Wildman–Crippen LogP) is 3.18. The molecule has 0 atom stereocenters. The van der Waals surface area contributed by atoms with Gasteiger partial charge in [-0.2, -0.15) is 0 Å². The van der Waals surface area contributed by atoms with Gasteiger partial charge in [-0.25, -0.2) is 14.6 Å². The second kappa shape index (κ2) is 8.33. The summed E-state index contributed by atoms with van der Waals surface area (Å²) < 4.78 is 0. The van der Waals surface area contributed by atoms with Crippen LogP contribution in [0.25, 0.3) is 0 Å². The molecule has 0 saturated carbocycles. The molecule has 0 fully saturated rings. The molecule has 0 bridgehead atoms. The zero-order valence-corrected chi connectivity index (χ0v) is 12.8. The SMILES string of the molecule is CSc1ncccc1C(=O)O.O=C(O)c1ccc(S)cc1. The number of hydrogen-bond acceptors (Lipinski definition) is 5. The van der Waals surface area contributed by atoms with Crippen molar-refractivity contribution in [3.8, 4) is 0 Å². The lowest BCUT2D eigenvalue weighted by molar-refractivity contribution is 0.0683. The van der Waals surface area contributed by atoms with Gasteiger partial charge in [0.2, 0.25) is 0 Å². The number of carboxylic acid groups (broad SMARTS) is 2. The van der Waals surface area contributed by atoms with Crippen molar-refractivity contribution >= 4 is 36.3 Å². The van der Waals surface area contributed by atoms with Crippen molar-refractivity contribution in [3.63, 3.8) is 0 Å². The first-order valence-electron chi connectivity index (χ1n) is 5.70. The number of carbonyl (C=O) groups is 2. The lowest BCUT2D eigenvalue weighted by atomic mass is 10.2. The van der Waals surface area contributed by atoms with E-state index in [0.29, 0.717) is 5.03 Å². The molecule has 1 heterocycles. The molecular weight excluding hydrogens is 310 g/mol. The molecule has 21 heavy (non-hydrogen) atoms. The van der Waals surface area contributed by atoms with Crippen molar-refractivity contribution < 1.29 is 19.8 Å². The first-order chi connectivity index (χ1) is 9.95. The molecule has 7 heteroatoms. The molecule has 5 nitrogen and oxygen atoms in total. The minimum absolute atomic E-state index is 0.264. The Bertz CT molecular complexity index is 629. The predicted molar refractivity (Wildman–Crippen MR) is 83.6 cm³/mol. The van der Waals surface area contributed by atoms with E-state index >= 15 is 0 Å². The van der Waals surface area contributed by atoms with Crippen LogP contribution in [0.3, 0.4) is 0 Å². The van der Waals surface area contributed by atoms with Crippen LogP contribution in [0.5, 0.6) is 0 Å². The highest BCUT2D eigenvalue weighted by Gasteiger charge is 2.08. The van der Waals surface area contributed by atoms with Gasteiger partial charge in [-0.3, -0.25) is 0 Å². The Morgan fingerprint density at radius 2 is 1.71 bits per heavy atom. The summed E-state index contributed by atoms with van der Waals surface area (Å²) in [7, 11) is 0. The number of nitrogens with zero attached hydrogens (tertiary/aromatic N) is 1. The normalized spacial score (nSPS) is 9.43. The fraction of sp³-hybridized carbons (Fsp3) is 0.0714. The number of thiol groups is 1. The van der Waals surface area contributed by atoms with Gasteiger partial charge in [0.15, 0.2) is 0 Å². The molecule has 0 amide bonds. The summed E-state index contributed by atoms with van der Waals surface area (Å²) in [6, 6.07) is 9.48. The molecule has 0 aliphatic rings. The van der Waals surface area contributed by atoms with Gasteiger partial charge in [0.25, 0.3) is 0 Å². The molecule has 0 spiro atoms. The van der Waals surface area contributed by atoms with E-state index in [2.05, 4.69) is 17.6 Å².